The summed E-state index contributed by atoms with van der Waals surface area (Å²) in [5, 5.41) is 27.9. The second-order valence-electron chi connectivity index (χ2n) is 2.85. The maximum atomic E-state index is 11.1. The van der Waals surface area contributed by atoms with E-state index >= 15 is 0 Å². The molecule has 0 saturated heterocycles. The number of hydrogen-bond donors (Lipinski definition) is 5. The van der Waals surface area contributed by atoms with Gasteiger partial charge in [-0.25, -0.2) is 4.79 Å². The largest absolute Gasteiger partial charge is 0.480 e. The van der Waals surface area contributed by atoms with Crippen molar-refractivity contribution in [3.05, 3.63) is 0 Å². The van der Waals surface area contributed by atoms with Crippen LogP contribution in [0.3, 0.4) is 0 Å². The molecule has 0 bridgehead atoms. The highest BCUT2D eigenvalue weighted by Gasteiger charge is 2.24. The number of aliphatic carboxylic acids is 1. The van der Waals surface area contributed by atoms with Crippen molar-refractivity contribution in [2.24, 2.45) is 5.73 Å². The summed E-state index contributed by atoms with van der Waals surface area (Å²) in [5.41, 5.74) is 5.23. The molecule has 0 spiro atoms. The SMILES string of the molecule is C[C@@H](O)[C@H](N)C(=O)N[C@@H](CO)C(=O)O. The Morgan fingerprint density at radius 2 is 2.00 bits per heavy atom. The van der Waals surface area contributed by atoms with Crippen molar-refractivity contribution < 1.29 is 24.9 Å². The first-order chi connectivity index (χ1) is 6.40. The Kier molecular flexibility index (Phi) is 5.06. The number of carbonyl (C=O) groups is 2. The second-order valence-corrected chi connectivity index (χ2v) is 2.85. The standard InChI is InChI=1S/C7H14N2O5/c1-3(11)5(8)6(12)9-4(2-10)7(13)14/h3-5,10-11H,2,8H2,1H3,(H,9,12)(H,13,14)/t3-,4+,5+/m1/s1. The Hall–Kier alpha value is -1.18. The number of amides is 1. The van der Waals surface area contributed by atoms with Crippen molar-refractivity contribution in [2.75, 3.05) is 6.61 Å². The fourth-order valence-electron chi connectivity index (χ4n) is 0.672. The highest BCUT2D eigenvalue weighted by molar-refractivity contribution is 5.87. The summed E-state index contributed by atoms with van der Waals surface area (Å²) in [7, 11) is 0. The molecule has 0 heterocycles. The van der Waals surface area contributed by atoms with E-state index in [-0.39, 0.29) is 0 Å². The van der Waals surface area contributed by atoms with Crippen LogP contribution in [-0.4, -0.2) is 52.0 Å². The maximum Gasteiger partial charge on any atom is 0.328 e. The lowest BCUT2D eigenvalue weighted by molar-refractivity contribution is -0.143. The van der Waals surface area contributed by atoms with Crippen molar-refractivity contribution in [2.45, 2.75) is 25.1 Å². The molecule has 0 aliphatic carbocycles. The van der Waals surface area contributed by atoms with Gasteiger partial charge in [0.25, 0.3) is 0 Å². The first-order valence-corrected chi connectivity index (χ1v) is 3.97. The van der Waals surface area contributed by atoms with Crippen LogP contribution < -0.4 is 11.1 Å². The summed E-state index contributed by atoms with van der Waals surface area (Å²) in [6.45, 7) is 0.576. The van der Waals surface area contributed by atoms with Gasteiger partial charge in [0.1, 0.15) is 12.1 Å². The molecule has 0 unspecified atom stereocenters. The molecule has 0 aliphatic heterocycles. The van der Waals surface area contributed by atoms with Gasteiger partial charge in [-0.2, -0.15) is 0 Å². The van der Waals surface area contributed by atoms with Crippen LogP contribution in [-0.2, 0) is 9.59 Å². The lowest BCUT2D eigenvalue weighted by atomic mass is 10.1. The van der Waals surface area contributed by atoms with Gasteiger partial charge in [0.2, 0.25) is 5.91 Å². The molecule has 0 aromatic carbocycles. The number of aliphatic hydroxyl groups is 2. The molecular formula is C7H14N2O5. The first kappa shape index (κ1) is 12.8. The van der Waals surface area contributed by atoms with E-state index in [0.717, 1.165) is 0 Å². The minimum atomic E-state index is -1.40. The Morgan fingerprint density at radius 1 is 1.50 bits per heavy atom. The number of nitrogens with two attached hydrogens (primary N) is 1. The van der Waals surface area contributed by atoms with Crippen molar-refractivity contribution >= 4 is 11.9 Å². The quantitative estimate of drug-likeness (QED) is 0.331. The van der Waals surface area contributed by atoms with Gasteiger partial charge < -0.3 is 26.4 Å². The van der Waals surface area contributed by atoms with E-state index < -0.39 is 36.7 Å². The maximum absolute atomic E-state index is 11.1. The van der Waals surface area contributed by atoms with E-state index in [2.05, 4.69) is 0 Å². The van der Waals surface area contributed by atoms with Crippen LogP contribution in [0.5, 0.6) is 0 Å². The number of hydrogen-bond acceptors (Lipinski definition) is 5. The van der Waals surface area contributed by atoms with Crippen LogP contribution in [0.15, 0.2) is 0 Å². The van der Waals surface area contributed by atoms with Crippen LogP contribution in [0, 0.1) is 0 Å². The zero-order chi connectivity index (χ0) is 11.3. The Morgan fingerprint density at radius 3 is 2.29 bits per heavy atom. The van der Waals surface area contributed by atoms with Crippen LogP contribution in [0.4, 0.5) is 0 Å². The zero-order valence-electron chi connectivity index (χ0n) is 7.67. The molecule has 0 radical (unpaired) electrons. The van der Waals surface area contributed by atoms with Gasteiger partial charge >= 0.3 is 5.97 Å². The molecule has 1 amide bonds. The third-order valence-corrected chi connectivity index (χ3v) is 1.62. The van der Waals surface area contributed by atoms with E-state index in [1.165, 1.54) is 6.92 Å². The van der Waals surface area contributed by atoms with Gasteiger partial charge in [0.15, 0.2) is 0 Å². The monoisotopic (exact) mass is 206 g/mol. The van der Waals surface area contributed by atoms with E-state index in [1.807, 2.05) is 5.32 Å². The van der Waals surface area contributed by atoms with Crippen LogP contribution in [0.25, 0.3) is 0 Å². The molecule has 7 heteroatoms. The van der Waals surface area contributed by atoms with Crippen LogP contribution >= 0.6 is 0 Å². The third-order valence-electron chi connectivity index (χ3n) is 1.62. The Bertz CT molecular complexity index is 218. The highest BCUT2D eigenvalue weighted by atomic mass is 16.4. The highest BCUT2D eigenvalue weighted by Crippen LogP contribution is 1.91. The molecule has 6 N–H and O–H groups in total. The minimum absolute atomic E-state index is 0.729. The van der Waals surface area contributed by atoms with Crippen LogP contribution in [0.2, 0.25) is 0 Å². The smallest absolute Gasteiger partial charge is 0.328 e. The van der Waals surface area contributed by atoms with E-state index in [0.29, 0.717) is 0 Å². The predicted octanol–water partition coefficient (Wildman–Crippen LogP) is -2.74. The van der Waals surface area contributed by atoms with Crippen molar-refractivity contribution in [3.63, 3.8) is 0 Å². The van der Waals surface area contributed by atoms with Gasteiger partial charge in [-0.1, -0.05) is 0 Å². The number of carbonyl (C=O) groups excluding carboxylic acids is 1. The summed E-state index contributed by atoms with van der Waals surface area (Å²) in [6.07, 6.45) is -1.08. The molecule has 3 atom stereocenters. The van der Waals surface area contributed by atoms with Gasteiger partial charge in [-0.15, -0.1) is 0 Å². The number of carboxylic acids is 1. The molecular weight excluding hydrogens is 192 g/mol. The fraction of sp³-hybridized carbons (Fsp3) is 0.714. The van der Waals surface area contributed by atoms with Crippen molar-refractivity contribution in [1.82, 2.24) is 5.32 Å². The summed E-state index contributed by atoms with van der Waals surface area (Å²) >= 11 is 0. The number of aliphatic hydroxyl groups excluding tert-OH is 2. The third kappa shape index (κ3) is 3.69. The molecule has 0 saturated carbocycles. The van der Waals surface area contributed by atoms with Crippen molar-refractivity contribution in [3.8, 4) is 0 Å². The molecule has 0 fully saturated rings. The zero-order valence-corrected chi connectivity index (χ0v) is 7.67. The number of nitrogens with one attached hydrogen (secondary N) is 1. The fourth-order valence-corrected chi connectivity index (χ4v) is 0.672. The Labute approximate surface area is 80.5 Å². The number of rotatable bonds is 5. The molecule has 82 valence electrons. The van der Waals surface area contributed by atoms with Crippen molar-refractivity contribution in [1.29, 1.82) is 0 Å². The summed E-state index contributed by atoms with van der Waals surface area (Å²) < 4.78 is 0. The average Bonchev–Trinajstić information content (AvgIpc) is 2.11. The second kappa shape index (κ2) is 5.53. The molecule has 0 aliphatic rings. The van der Waals surface area contributed by atoms with Gasteiger partial charge in [0, 0.05) is 0 Å². The molecule has 0 aromatic rings. The minimum Gasteiger partial charge on any atom is -0.480 e. The molecule has 0 aromatic heterocycles. The predicted molar refractivity (Wildman–Crippen MR) is 46.3 cm³/mol. The van der Waals surface area contributed by atoms with E-state index in [4.69, 9.17) is 21.1 Å². The van der Waals surface area contributed by atoms with Gasteiger partial charge in [-0.05, 0) is 6.92 Å². The van der Waals surface area contributed by atoms with E-state index in [1.54, 1.807) is 0 Å². The van der Waals surface area contributed by atoms with Gasteiger partial charge in [0.05, 0.1) is 12.7 Å². The Balaban J connectivity index is 4.22. The van der Waals surface area contributed by atoms with E-state index in [9.17, 15) is 9.59 Å². The average molecular weight is 206 g/mol. The lowest BCUT2D eigenvalue weighted by Crippen LogP contribution is -2.53. The normalized spacial score (nSPS) is 16.9. The summed E-state index contributed by atoms with van der Waals surface area (Å²) in [4.78, 5) is 21.5. The van der Waals surface area contributed by atoms with Gasteiger partial charge in [-0.3, -0.25) is 4.79 Å². The molecule has 7 nitrogen and oxygen atoms in total. The number of carboxylic acid groups (broad SMARTS) is 1. The summed E-state index contributed by atoms with van der Waals surface area (Å²) in [6, 6.07) is -2.60. The lowest BCUT2D eigenvalue weighted by Gasteiger charge is -2.17. The topological polar surface area (TPSA) is 133 Å². The molecule has 0 rings (SSSR count). The first-order valence-electron chi connectivity index (χ1n) is 3.97. The molecule has 14 heavy (non-hydrogen) atoms. The summed E-state index contributed by atoms with van der Waals surface area (Å²) in [5.74, 6) is -2.18. The van der Waals surface area contributed by atoms with Crippen LogP contribution in [0.1, 0.15) is 6.92 Å².